The van der Waals surface area contributed by atoms with Crippen LogP contribution in [-0.2, 0) is 16.0 Å². The third kappa shape index (κ3) is 2.91. The molecule has 22 heavy (non-hydrogen) atoms. The Morgan fingerprint density at radius 1 is 1.41 bits per heavy atom. The second-order valence-corrected chi connectivity index (χ2v) is 5.82. The Hall–Kier alpha value is -2.48. The summed E-state index contributed by atoms with van der Waals surface area (Å²) in [6.07, 6.45) is 0.775. The fourth-order valence-corrected chi connectivity index (χ4v) is 2.88. The number of nitrogens with one attached hydrogen (secondary N) is 2. The molecule has 1 aliphatic rings. The number of aromatic nitrogens is 2. The van der Waals surface area contributed by atoms with Crippen LogP contribution in [0.1, 0.15) is 11.9 Å². The Morgan fingerprint density at radius 3 is 3.00 bits per heavy atom. The van der Waals surface area contributed by atoms with Crippen molar-refractivity contribution in [3.8, 4) is 0 Å². The number of hydrogen-bond acceptors (Lipinski definition) is 6. The van der Waals surface area contributed by atoms with Gasteiger partial charge in [-0.1, -0.05) is 30.4 Å². The minimum atomic E-state index is -0.288. The highest BCUT2D eigenvalue weighted by atomic mass is 32.1. The highest BCUT2D eigenvalue weighted by molar-refractivity contribution is 7.15. The summed E-state index contributed by atoms with van der Waals surface area (Å²) in [6.45, 7) is 2.12. The maximum atomic E-state index is 12.1. The van der Waals surface area contributed by atoms with Crippen LogP contribution in [0.4, 0.5) is 16.5 Å². The van der Waals surface area contributed by atoms with Crippen LogP contribution in [-0.4, -0.2) is 35.1 Å². The van der Waals surface area contributed by atoms with E-state index < -0.39 is 0 Å². The van der Waals surface area contributed by atoms with Crippen molar-refractivity contribution in [2.45, 2.75) is 13.3 Å². The zero-order valence-electron chi connectivity index (χ0n) is 12.0. The van der Waals surface area contributed by atoms with E-state index in [2.05, 4.69) is 20.8 Å². The van der Waals surface area contributed by atoms with Crippen LogP contribution in [0.5, 0.6) is 0 Å². The maximum absolute atomic E-state index is 12.1. The van der Waals surface area contributed by atoms with Crippen LogP contribution >= 0.6 is 11.3 Å². The summed E-state index contributed by atoms with van der Waals surface area (Å²) in [6, 6.07) is 7.41. The molecule has 1 aromatic heterocycles. The number of anilines is 3. The Kier molecular flexibility index (Phi) is 4.01. The molecule has 0 aliphatic carbocycles. The molecule has 0 fully saturated rings. The molecule has 1 aliphatic heterocycles. The van der Waals surface area contributed by atoms with Crippen LogP contribution < -0.4 is 15.5 Å². The molecule has 0 saturated carbocycles. The lowest BCUT2D eigenvalue weighted by Gasteiger charge is -2.29. The molecular formula is C14H15N5O2S. The molecule has 0 atom stereocenters. The summed E-state index contributed by atoms with van der Waals surface area (Å²) in [5, 5.41) is 14.9. The minimum absolute atomic E-state index is 0.0431. The fraction of sp³-hybridized carbons (Fsp3) is 0.286. The first-order valence-electron chi connectivity index (χ1n) is 6.93. The molecule has 2 heterocycles. The van der Waals surface area contributed by atoms with Crippen molar-refractivity contribution in [3.05, 3.63) is 29.3 Å². The SMILES string of the molecule is CCc1nnc(NC(=O)CN2C(=O)CNc3ccccc32)s1. The quantitative estimate of drug-likeness (QED) is 0.892. The molecule has 0 spiro atoms. The Bertz CT molecular complexity index is 715. The molecule has 0 unspecified atom stereocenters. The van der Waals surface area contributed by atoms with Crippen LogP contribution in [0.25, 0.3) is 0 Å². The molecule has 3 rings (SSSR count). The van der Waals surface area contributed by atoms with Gasteiger partial charge in [-0.3, -0.25) is 19.8 Å². The van der Waals surface area contributed by atoms with Crippen molar-refractivity contribution in [2.24, 2.45) is 0 Å². The van der Waals surface area contributed by atoms with Gasteiger partial charge in [0.2, 0.25) is 16.9 Å². The van der Waals surface area contributed by atoms with Crippen molar-refractivity contribution >= 4 is 39.7 Å². The van der Waals surface area contributed by atoms with Gasteiger partial charge in [-0.15, -0.1) is 10.2 Å². The van der Waals surface area contributed by atoms with Gasteiger partial charge in [0, 0.05) is 0 Å². The molecule has 2 aromatic rings. The van der Waals surface area contributed by atoms with Gasteiger partial charge in [0.25, 0.3) is 0 Å². The lowest BCUT2D eigenvalue weighted by atomic mass is 10.2. The van der Waals surface area contributed by atoms with E-state index in [0.29, 0.717) is 10.8 Å². The van der Waals surface area contributed by atoms with Crippen molar-refractivity contribution in [2.75, 3.05) is 28.6 Å². The van der Waals surface area contributed by atoms with Gasteiger partial charge in [-0.2, -0.15) is 0 Å². The lowest BCUT2D eigenvalue weighted by molar-refractivity contribution is -0.120. The first kappa shape index (κ1) is 14.5. The number of hydrogen-bond donors (Lipinski definition) is 2. The van der Waals surface area contributed by atoms with E-state index in [1.807, 2.05) is 31.2 Å². The third-order valence-corrected chi connectivity index (χ3v) is 4.23. The van der Waals surface area contributed by atoms with Gasteiger partial charge in [0.15, 0.2) is 0 Å². The van der Waals surface area contributed by atoms with Gasteiger partial charge in [0.1, 0.15) is 11.6 Å². The van der Waals surface area contributed by atoms with Gasteiger partial charge in [-0.05, 0) is 18.6 Å². The zero-order chi connectivity index (χ0) is 15.5. The summed E-state index contributed by atoms with van der Waals surface area (Å²) in [5.41, 5.74) is 1.56. The minimum Gasteiger partial charge on any atom is -0.374 e. The number of amides is 2. The van der Waals surface area contributed by atoms with Crippen molar-refractivity contribution < 1.29 is 9.59 Å². The summed E-state index contributed by atoms with van der Waals surface area (Å²) >= 11 is 1.34. The summed E-state index contributed by atoms with van der Waals surface area (Å²) in [7, 11) is 0. The Morgan fingerprint density at radius 2 is 2.23 bits per heavy atom. The first-order chi connectivity index (χ1) is 10.7. The van der Waals surface area contributed by atoms with Gasteiger partial charge < -0.3 is 5.32 Å². The van der Waals surface area contributed by atoms with Crippen molar-refractivity contribution in [1.29, 1.82) is 0 Å². The Labute approximate surface area is 131 Å². The van der Waals surface area contributed by atoms with Gasteiger partial charge >= 0.3 is 0 Å². The molecule has 1 aromatic carbocycles. The second kappa shape index (κ2) is 6.10. The zero-order valence-corrected chi connectivity index (χ0v) is 12.8. The van der Waals surface area contributed by atoms with E-state index in [1.165, 1.54) is 16.2 Å². The molecule has 0 bridgehead atoms. The second-order valence-electron chi connectivity index (χ2n) is 4.75. The number of benzene rings is 1. The monoisotopic (exact) mass is 317 g/mol. The maximum Gasteiger partial charge on any atom is 0.246 e. The molecule has 114 valence electrons. The van der Waals surface area contributed by atoms with Crippen LogP contribution in [0.15, 0.2) is 24.3 Å². The third-order valence-electron chi connectivity index (χ3n) is 3.24. The molecule has 7 nitrogen and oxygen atoms in total. The predicted octanol–water partition coefficient (Wildman–Crippen LogP) is 1.50. The highest BCUT2D eigenvalue weighted by Crippen LogP contribution is 2.28. The fourth-order valence-electron chi connectivity index (χ4n) is 2.18. The molecule has 2 N–H and O–H groups in total. The van der Waals surface area contributed by atoms with E-state index in [1.54, 1.807) is 0 Å². The van der Waals surface area contributed by atoms with Crippen molar-refractivity contribution in [3.63, 3.8) is 0 Å². The normalized spacial score (nSPS) is 13.5. The van der Waals surface area contributed by atoms with E-state index in [-0.39, 0.29) is 24.9 Å². The number of fused-ring (bicyclic) bond motifs is 1. The molecular weight excluding hydrogens is 302 g/mol. The molecule has 0 saturated heterocycles. The summed E-state index contributed by atoms with van der Waals surface area (Å²) in [5.74, 6) is -0.427. The standard InChI is InChI=1S/C14H15N5O2S/c1-2-12-17-18-14(22-12)16-11(20)8-19-10-6-4-3-5-9(10)15-7-13(19)21/h3-6,15H,2,7-8H2,1H3,(H,16,18,20). The predicted molar refractivity (Wildman–Crippen MR) is 85.2 cm³/mol. The topological polar surface area (TPSA) is 87.2 Å². The highest BCUT2D eigenvalue weighted by Gasteiger charge is 2.25. The van der Waals surface area contributed by atoms with E-state index >= 15 is 0 Å². The molecule has 8 heteroatoms. The van der Waals surface area contributed by atoms with Crippen molar-refractivity contribution in [1.82, 2.24) is 10.2 Å². The number of aryl methyl sites for hydroxylation is 1. The molecule has 2 amide bonds. The smallest absolute Gasteiger partial charge is 0.246 e. The number of carbonyl (C=O) groups excluding carboxylic acids is 2. The Balaban J connectivity index is 1.72. The lowest BCUT2D eigenvalue weighted by Crippen LogP contribution is -2.44. The largest absolute Gasteiger partial charge is 0.374 e. The van der Waals surface area contributed by atoms with E-state index in [9.17, 15) is 9.59 Å². The van der Waals surface area contributed by atoms with Crippen LogP contribution in [0, 0.1) is 0 Å². The van der Waals surface area contributed by atoms with E-state index in [0.717, 1.165) is 17.1 Å². The summed E-state index contributed by atoms with van der Waals surface area (Å²) in [4.78, 5) is 25.7. The summed E-state index contributed by atoms with van der Waals surface area (Å²) < 4.78 is 0. The number of para-hydroxylation sites is 2. The molecule has 0 radical (unpaired) electrons. The number of nitrogens with zero attached hydrogens (tertiary/aromatic N) is 3. The number of rotatable bonds is 4. The van der Waals surface area contributed by atoms with Gasteiger partial charge in [-0.25, -0.2) is 0 Å². The van der Waals surface area contributed by atoms with E-state index in [4.69, 9.17) is 0 Å². The average Bonchev–Trinajstić information content (AvgIpc) is 2.98. The van der Waals surface area contributed by atoms with Crippen LogP contribution in [0.3, 0.4) is 0 Å². The van der Waals surface area contributed by atoms with Crippen LogP contribution in [0.2, 0.25) is 0 Å². The average molecular weight is 317 g/mol. The number of carbonyl (C=O) groups is 2. The van der Waals surface area contributed by atoms with Gasteiger partial charge in [0.05, 0.1) is 17.9 Å². The first-order valence-corrected chi connectivity index (χ1v) is 7.74.